The fourth-order valence-corrected chi connectivity index (χ4v) is 5.95. The van der Waals surface area contributed by atoms with Gasteiger partial charge >= 0.3 is 0 Å². The molecule has 2 saturated carbocycles. The largest absolute Gasteiger partial charge is 0.391 e. The molecular formula is C28H37N7O3. The first-order valence-corrected chi connectivity index (χ1v) is 13.6. The summed E-state index contributed by atoms with van der Waals surface area (Å²) in [6.07, 6.45) is 7.66. The number of nitrogens with zero attached hydrogens (tertiary/aromatic N) is 6. The molecule has 10 heteroatoms. The van der Waals surface area contributed by atoms with Crippen LogP contribution in [0.2, 0.25) is 0 Å². The Balaban J connectivity index is 1.27. The highest BCUT2D eigenvalue weighted by atomic mass is 16.3. The van der Waals surface area contributed by atoms with Crippen LogP contribution in [-0.2, 0) is 15.0 Å². The van der Waals surface area contributed by atoms with Crippen LogP contribution >= 0.6 is 0 Å². The SMILES string of the molecule is CC(C)(C)[C@@H](C(=O)N1CC(O)CC1C(=O)NC1CCC(C#N)(c2ccccn2)CC1)n1cc(C2CC2)nn1. The molecule has 2 N–H and O–H groups in total. The number of pyridine rings is 1. The lowest BCUT2D eigenvalue weighted by molar-refractivity contribution is -0.144. The Labute approximate surface area is 223 Å². The molecule has 1 aliphatic heterocycles. The summed E-state index contributed by atoms with van der Waals surface area (Å²) < 4.78 is 1.63. The van der Waals surface area contributed by atoms with Crippen molar-refractivity contribution in [2.45, 2.75) is 101 Å². The van der Waals surface area contributed by atoms with Crippen molar-refractivity contribution < 1.29 is 14.7 Å². The summed E-state index contributed by atoms with van der Waals surface area (Å²) in [6.45, 7) is 6.03. The molecule has 1 saturated heterocycles. The van der Waals surface area contributed by atoms with Gasteiger partial charge in [0, 0.05) is 37.3 Å². The molecule has 5 rings (SSSR count). The van der Waals surface area contributed by atoms with Crippen molar-refractivity contribution in [3.63, 3.8) is 0 Å². The van der Waals surface area contributed by atoms with Gasteiger partial charge in [-0.2, -0.15) is 5.26 Å². The Kier molecular flexibility index (Phi) is 6.99. The fourth-order valence-electron chi connectivity index (χ4n) is 5.95. The number of likely N-dealkylation sites (tertiary alicyclic amines) is 1. The van der Waals surface area contributed by atoms with Gasteiger partial charge in [0.15, 0.2) is 0 Å². The number of β-amino-alcohol motifs (C(OH)–C–C–N with tert-alkyl or cyclic N) is 1. The monoisotopic (exact) mass is 519 g/mol. The number of aromatic nitrogens is 4. The molecule has 2 aromatic rings. The van der Waals surface area contributed by atoms with Crippen LogP contribution in [0.15, 0.2) is 30.6 Å². The predicted molar refractivity (Wildman–Crippen MR) is 139 cm³/mol. The summed E-state index contributed by atoms with van der Waals surface area (Å²) in [5.41, 5.74) is 0.550. The van der Waals surface area contributed by atoms with Crippen molar-refractivity contribution in [3.8, 4) is 6.07 Å². The quantitative estimate of drug-likeness (QED) is 0.598. The minimum Gasteiger partial charge on any atom is -0.391 e. The highest BCUT2D eigenvalue weighted by Crippen LogP contribution is 2.41. The first kappa shape index (κ1) is 26.3. The molecule has 0 spiro atoms. The van der Waals surface area contributed by atoms with E-state index in [1.165, 1.54) is 4.90 Å². The van der Waals surface area contributed by atoms with Crippen LogP contribution in [0.1, 0.15) is 89.1 Å². The van der Waals surface area contributed by atoms with E-state index in [1.54, 1.807) is 10.9 Å². The zero-order valence-electron chi connectivity index (χ0n) is 22.4. The number of aliphatic hydroxyl groups excluding tert-OH is 1. The van der Waals surface area contributed by atoms with E-state index < -0.39 is 29.0 Å². The topological polar surface area (TPSA) is 137 Å². The summed E-state index contributed by atoms with van der Waals surface area (Å²) in [5.74, 6) is -0.0737. The van der Waals surface area contributed by atoms with Crippen molar-refractivity contribution >= 4 is 11.8 Å². The predicted octanol–water partition coefficient (Wildman–Crippen LogP) is 2.62. The lowest BCUT2D eigenvalue weighted by Gasteiger charge is -2.37. The van der Waals surface area contributed by atoms with Gasteiger partial charge in [-0.05, 0) is 56.1 Å². The van der Waals surface area contributed by atoms with Gasteiger partial charge in [0.1, 0.15) is 12.1 Å². The molecule has 3 atom stereocenters. The molecule has 2 amide bonds. The first-order valence-electron chi connectivity index (χ1n) is 13.6. The minimum atomic E-state index is -0.769. The minimum absolute atomic E-state index is 0.0998. The van der Waals surface area contributed by atoms with Crippen LogP contribution in [0.3, 0.4) is 0 Å². The van der Waals surface area contributed by atoms with Gasteiger partial charge in [-0.15, -0.1) is 5.10 Å². The molecule has 3 aliphatic rings. The number of hydrogen-bond acceptors (Lipinski definition) is 7. The molecule has 3 fully saturated rings. The maximum absolute atomic E-state index is 13.9. The maximum atomic E-state index is 13.9. The van der Waals surface area contributed by atoms with Crippen LogP contribution in [0.5, 0.6) is 0 Å². The van der Waals surface area contributed by atoms with E-state index in [9.17, 15) is 20.0 Å². The van der Waals surface area contributed by atoms with Crippen LogP contribution in [-0.4, -0.2) is 66.5 Å². The molecule has 202 valence electrons. The normalized spacial score (nSPS) is 28.5. The van der Waals surface area contributed by atoms with Gasteiger partial charge < -0.3 is 15.3 Å². The molecule has 3 heterocycles. The van der Waals surface area contributed by atoms with Crippen LogP contribution in [0.4, 0.5) is 0 Å². The van der Waals surface area contributed by atoms with Gasteiger partial charge in [-0.3, -0.25) is 14.6 Å². The van der Waals surface area contributed by atoms with Crippen molar-refractivity contribution in [1.29, 1.82) is 5.26 Å². The van der Waals surface area contributed by atoms with Crippen molar-refractivity contribution in [2.24, 2.45) is 5.41 Å². The number of nitriles is 1. The van der Waals surface area contributed by atoms with E-state index in [4.69, 9.17) is 0 Å². The summed E-state index contributed by atoms with van der Waals surface area (Å²) in [7, 11) is 0. The number of amides is 2. The third kappa shape index (κ3) is 5.17. The Bertz CT molecular complexity index is 1200. The standard InChI is InChI=1S/C28H37N7O3/c1-27(2,3)24(35-16-21(32-33-35)18-7-8-18)26(38)34-15-20(36)14-22(34)25(37)31-19-9-11-28(17-29,12-10-19)23-6-4-5-13-30-23/h4-6,13,16,18-20,22,24,36H,7-12,14-15H2,1-3H3,(H,31,37)/t19?,20?,22?,24-,28?/m1/s1. The number of carbonyl (C=O) groups excluding carboxylic acids is 2. The number of rotatable bonds is 6. The van der Waals surface area contributed by atoms with Gasteiger partial charge in [0.25, 0.3) is 0 Å². The Morgan fingerprint density at radius 2 is 1.95 bits per heavy atom. The second-order valence-electron chi connectivity index (χ2n) is 12.3. The summed E-state index contributed by atoms with van der Waals surface area (Å²) in [4.78, 5) is 33.3. The Morgan fingerprint density at radius 1 is 1.21 bits per heavy atom. The van der Waals surface area contributed by atoms with E-state index in [2.05, 4.69) is 26.7 Å². The average molecular weight is 520 g/mol. The molecular weight excluding hydrogens is 482 g/mol. The molecule has 2 aromatic heterocycles. The second-order valence-corrected chi connectivity index (χ2v) is 12.3. The van der Waals surface area contributed by atoms with E-state index in [1.807, 2.05) is 45.2 Å². The first-order chi connectivity index (χ1) is 18.1. The fraction of sp³-hybridized carbons (Fsp3) is 0.643. The second kappa shape index (κ2) is 10.1. The summed E-state index contributed by atoms with van der Waals surface area (Å²) in [5, 5.41) is 32.1. The van der Waals surface area contributed by atoms with Crippen LogP contribution < -0.4 is 5.32 Å². The van der Waals surface area contributed by atoms with E-state index in [0.29, 0.717) is 31.6 Å². The average Bonchev–Trinajstić information content (AvgIpc) is 3.50. The third-order valence-electron chi connectivity index (χ3n) is 8.26. The number of carbonyl (C=O) groups is 2. The molecule has 2 unspecified atom stereocenters. The van der Waals surface area contributed by atoms with E-state index in [0.717, 1.165) is 24.2 Å². The number of aliphatic hydroxyl groups is 1. The lowest BCUT2D eigenvalue weighted by atomic mass is 9.71. The molecule has 10 nitrogen and oxygen atoms in total. The van der Waals surface area contributed by atoms with Gasteiger partial charge in [-0.1, -0.05) is 32.1 Å². The van der Waals surface area contributed by atoms with Gasteiger partial charge in [-0.25, -0.2) is 4.68 Å². The van der Waals surface area contributed by atoms with Gasteiger partial charge in [0.05, 0.1) is 29.0 Å². The Hall–Kier alpha value is -3.32. The highest BCUT2D eigenvalue weighted by molar-refractivity contribution is 5.90. The summed E-state index contributed by atoms with van der Waals surface area (Å²) >= 11 is 0. The molecule has 0 radical (unpaired) electrons. The molecule has 38 heavy (non-hydrogen) atoms. The number of nitrogens with one attached hydrogen (secondary N) is 1. The summed E-state index contributed by atoms with van der Waals surface area (Å²) in [6, 6.07) is 6.58. The van der Waals surface area contributed by atoms with Crippen LogP contribution in [0, 0.1) is 16.7 Å². The van der Waals surface area contributed by atoms with Gasteiger partial charge in [0.2, 0.25) is 11.8 Å². The van der Waals surface area contributed by atoms with E-state index >= 15 is 0 Å². The van der Waals surface area contributed by atoms with Crippen LogP contribution in [0.25, 0.3) is 0 Å². The van der Waals surface area contributed by atoms with Crippen molar-refractivity contribution in [1.82, 2.24) is 30.2 Å². The zero-order valence-corrected chi connectivity index (χ0v) is 22.4. The van der Waals surface area contributed by atoms with E-state index in [-0.39, 0.29) is 30.8 Å². The molecule has 2 aliphatic carbocycles. The number of hydrogen-bond donors (Lipinski definition) is 2. The maximum Gasteiger partial charge on any atom is 0.248 e. The zero-order chi connectivity index (χ0) is 27.1. The third-order valence-corrected chi connectivity index (χ3v) is 8.26. The Morgan fingerprint density at radius 3 is 2.55 bits per heavy atom. The smallest absolute Gasteiger partial charge is 0.248 e. The van der Waals surface area contributed by atoms with Crippen molar-refractivity contribution in [3.05, 3.63) is 42.0 Å². The van der Waals surface area contributed by atoms with Crippen molar-refractivity contribution in [2.75, 3.05) is 6.54 Å². The highest BCUT2D eigenvalue weighted by Gasteiger charge is 2.46. The lowest BCUT2D eigenvalue weighted by Crippen LogP contribution is -2.52. The molecule has 0 bridgehead atoms. The molecule has 0 aromatic carbocycles.